The standard InChI is InChI=1S/C15H14N2S/c1-11(2)7-14(9-16)8-12(3)5-6-15-10-18-13(4)17-15/h7-8,10H,1H2,2-4H3/b12-8+,14-7+. The van der Waals surface area contributed by atoms with Crippen LogP contribution in [0.2, 0.25) is 0 Å². The average molecular weight is 254 g/mol. The molecule has 0 atom stereocenters. The Hall–Kier alpha value is -2.10. The molecular weight excluding hydrogens is 240 g/mol. The first-order valence-electron chi connectivity index (χ1n) is 5.41. The second-order valence-electron chi connectivity index (χ2n) is 3.89. The topological polar surface area (TPSA) is 36.7 Å². The van der Waals surface area contributed by atoms with Gasteiger partial charge in [0.05, 0.1) is 16.6 Å². The van der Waals surface area contributed by atoms with E-state index in [1.807, 2.05) is 26.2 Å². The van der Waals surface area contributed by atoms with Crippen LogP contribution >= 0.6 is 11.3 Å². The Kier molecular flexibility index (Phi) is 5.11. The third-order valence-electron chi connectivity index (χ3n) is 1.91. The molecule has 1 rings (SSSR count). The number of hydrogen-bond donors (Lipinski definition) is 0. The van der Waals surface area contributed by atoms with Gasteiger partial charge in [0.1, 0.15) is 5.69 Å². The van der Waals surface area contributed by atoms with Crippen LogP contribution < -0.4 is 0 Å². The molecule has 0 spiro atoms. The van der Waals surface area contributed by atoms with Gasteiger partial charge in [-0.3, -0.25) is 0 Å². The molecule has 0 aromatic carbocycles. The van der Waals surface area contributed by atoms with Crippen molar-refractivity contribution in [1.82, 2.24) is 4.98 Å². The summed E-state index contributed by atoms with van der Waals surface area (Å²) in [6.45, 7) is 9.41. The van der Waals surface area contributed by atoms with Gasteiger partial charge in [-0.05, 0) is 38.8 Å². The lowest BCUT2D eigenvalue weighted by molar-refractivity contribution is 1.27. The molecule has 1 heterocycles. The van der Waals surface area contributed by atoms with Gasteiger partial charge < -0.3 is 0 Å². The fraction of sp³-hybridized carbons (Fsp3) is 0.200. The van der Waals surface area contributed by atoms with Crippen LogP contribution in [0.5, 0.6) is 0 Å². The summed E-state index contributed by atoms with van der Waals surface area (Å²) in [4.78, 5) is 4.25. The van der Waals surface area contributed by atoms with Crippen molar-refractivity contribution in [2.24, 2.45) is 0 Å². The van der Waals surface area contributed by atoms with Gasteiger partial charge in [0.15, 0.2) is 0 Å². The lowest BCUT2D eigenvalue weighted by Crippen LogP contribution is -1.78. The van der Waals surface area contributed by atoms with E-state index in [9.17, 15) is 0 Å². The Morgan fingerprint density at radius 1 is 1.44 bits per heavy atom. The molecule has 0 radical (unpaired) electrons. The van der Waals surface area contributed by atoms with Crippen molar-refractivity contribution in [2.75, 3.05) is 0 Å². The number of hydrogen-bond acceptors (Lipinski definition) is 3. The van der Waals surface area contributed by atoms with Crippen LogP contribution in [0.3, 0.4) is 0 Å². The molecule has 0 saturated carbocycles. The molecule has 0 unspecified atom stereocenters. The maximum atomic E-state index is 8.95. The molecule has 3 heteroatoms. The molecule has 0 N–H and O–H groups in total. The summed E-state index contributed by atoms with van der Waals surface area (Å²) in [7, 11) is 0. The Labute approximate surface area is 112 Å². The summed E-state index contributed by atoms with van der Waals surface area (Å²) in [5, 5.41) is 11.9. The van der Waals surface area contributed by atoms with E-state index in [1.165, 1.54) is 0 Å². The number of nitriles is 1. The first-order chi connectivity index (χ1) is 8.51. The zero-order valence-corrected chi connectivity index (χ0v) is 11.6. The first kappa shape index (κ1) is 14.0. The molecule has 2 nitrogen and oxygen atoms in total. The second kappa shape index (κ2) is 6.59. The van der Waals surface area contributed by atoms with Gasteiger partial charge in [-0.1, -0.05) is 18.1 Å². The van der Waals surface area contributed by atoms with E-state index in [-0.39, 0.29) is 0 Å². The molecule has 0 saturated heterocycles. The van der Waals surface area contributed by atoms with Gasteiger partial charge in [0.25, 0.3) is 0 Å². The predicted molar refractivity (Wildman–Crippen MR) is 76.0 cm³/mol. The van der Waals surface area contributed by atoms with Crippen LogP contribution in [0.25, 0.3) is 0 Å². The lowest BCUT2D eigenvalue weighted by Gasteiger charge is -1.91. The molecule has 0 bridgehead atoms. The fourth-order valence-corrected chi connectivity index (χ4v) is 1.77. The van der Waals surface area contributed by atoms with E-state index in [0.717, 1.165) is 21.8 Å². The SMILES string of the molecule is C=C(C)/C=C(C#N)\C=C(/C)C#Cc1csc(C)n1. The summed E-state index contributed by atoms with van der Waals surface area (Å²) in [6.07, 6.45) is 3.49. The summed E-state index contributed by atoms with van der Waals surface area (Å²) >= 11 is 1.57. The highest BCUT2D eigenvalue weighted by molar-refractivity contribution is 7.09. The Morgan fingerprint density at radius 2 is 2.17 bits per heavy atom. The maximum absolute atomic E-state index is 8.95. The summed E-state index contributed by atoms with van der Waals surface area (Å²) in [5.41, 5.74) is 3.00. The first-order valence-corrected chi connectivity index (χ1v) is 6.29. The van der Waals surface area contributed by atoms with Crippen LogP contribution in [-0.4, -0.2) is 4.98 Å². The van der Waals surface area contributed by atoms with Crippen molar-refractivity contribution in [1.29, 1.82) is 5.26 Å². The zero-order chi connectivity index (χ0) is 13.5. The number of allylic oxidation sites excluding steroid dienone is 5. The number of rotatable bonds is 2. The van der Waals surface area contributed by atoms with Crippen molar-refractivity contribution >= 4 is 11.3 Å². The molecule has 1 aromatic rings. The molecule has 0 aliphatic rings. The van der Waals surface area contributed by atoms with Crippen LogP contribution in [0.15, 0.2) is 40.8 Å². The Bertz CT molecular complexity index is 613. The van der Waals surface area contributed by atoms with Gasteiger partial charge in [0.2, 0.25) is 0 Å². The van der Waals surface area contributed by atoms with Crippen LogP contribution in [0, 0.1) is 30.1 Å². The third-order valence-corrected chi connectivity index (χ3v) is 2.68. The minimum absolute atomic E-state index is 0.559. The Morgan fingerprint density at radius 3 is 2.67 bits per heavy atom. The highest BCUT2D eigenvalue weighted by atomic mass is 32.1. The van der Waals surface area contributed by atoms with Gasteiger partial charge in [-0.25, -0.2) is 4.98 Å². The highest BCUT2D eigenvalue weighted by Gasteiger charge is 1.93. The fourth-order valence-electron chi connectivity index (χ4n) is 1.22. The van der Waals surface area contributed by atoms with E-state index in [1.54, 1.807) is 23.5 Å². The second-order valence-corrected chi connectivity index (χ2v) is 4.95. The van der Waals surface area contributed by atoms with Crippen LogP contribution in [-0.2, 0) is 0 Å². The molecule has 18 heavy (non-hydrogen) atoms. The summed E-state index contributed by atoms with van der Waals surface area (Å²) in [6, 6.07) is 2.11. The normalized spacial score (nSPS) is 11.4. The maximum Gasteiger partial charge on any atom is 0.124 e. The summed E-state index contributed by atoms with van der Waals surface area (Å²) in [5.74, 6) is 5.95. The minimum Gasteiger partial charge on any atom is -0.233 e. The average Bonchev–Trinajstić information content (AvgIpc) is 2.71. The van der Waals surface area contributed by atoms with Crippen molar-refractivity contribution in [3.05, 3.63) is 51.5 Å². The van der Waals surface area contributed by atoms with Crippen LogP contribution in [0.1, 0.15) is 24.5 Å². The summed E-state index contributed by atoms with van der Waals surface area (Å²) < 4.78 is 0. The van der Waals surface area contributed by atoms with Crippen molar-refractivity contribution in [3.8, 4) is 17.9 Å². The number of thiazole rings is 1. The molecular formula is C15H14N2S. The van der Waals surface area contributed by atoms with Crippen molar-refractivity contribution < 1.29 is 0 Å². The molecule has 0 aliphatic heterocycles. The van der Waals surface area contributed by atoms with Gasteiger partial charge in [0, 0.05) is 11.0 Å². The molecule has 0 fully saturated rings. The molecule has 1 aromatic heterocycles. The van der Waals surface area contributed by atoms with Crippen molar-refractivity contribution in [3.63, 3.8) is 0 Å². The third kappa shape index (κ3) is 4.82. The Balaban J connectivity index is 2.89. The number of aromatic nitrogens is 1. The quantitative estimate of drug-likeness (QED) is 0.457. The van der Waals surface area contributed by atoms with E-state index in [2.05, 4.69) is 29.5 Å². The minimum atomic E-state index is 0.559. The van der Waals surface area contributed by atoms with Crippen molar-refractivity contribution in [2.45, 2.75) is 20.8 Å². The monoisotopic (exact) mass is 254 g/mol. The number of nitrogens with zero attached hydrogens (tertiary/aromatic N) is 2. The zero-order valence-electron chi connectivity index (χ0n) is 10.7. The van der Waals surface area contributed by atoms with Gasteiger partial charge in [-0.2, -0.15) is 5.26 Å². The lowest BCUT2D eigenvalue weighted by atomic mass is 10.1. The largest absolute Gasteiger partial charge is 0.233 e. The number of aryl methyl sites for hydroxylation is 1. The molecule has 0 amide bonds. The van der Waals surface area contributed by atoms with Crippen LogP contribution in [0.4, 0.5) is 0 Å². The van der Waals surface area contributed by atoms with Gasteiger partial charge in [-0.15, -0.1) is 11.3 Å². The smallest absolute Gasteiger partial charge is 0.124 e. The van der Waals surface area contributed by atoms with Gasteiger partial charge >= 0.3 is 0 Å². The predicted octanol–water partition coefficient (Wildman–Crippen LogP) is 3.78. The van der Waals surface area contributed by atoms with E-state index < -0.39 is 0 Å². The van der Waals surface area contributed by atoms with E-state index in [0.29, 0.717) is 5.57 Å². The highest BCUT2D eigenvalue weighted by Crippen LogP contribution is 2.07. The molecule has 0 aliphatic carbocycles. The van der Waals surface area contributed by atoms with E-state index in [4.69, 9.17) is 5.26 Å². The van der Waals surface area contributed by atoms with E-state index >= 15 is 0 Å². The molecule has 90 valence electrons.